The van der Waals surface area contributed by atoms with Crippen LogP contribution in [-0.4, -0.2) is 47.2 Å². The highest BCUT2D eigenvalue weighted by Crippen LogP contribution is 2.14. The number of aromatic nitrogens is 2. The Morgan fingerprint density at radius 1 is 1.33 bits per heavy atom. The predicted molar refractivity (Wildman–Crippen MR) is 79.9 cm³/mol. The summed E-state index contributed by atoms with van der Waals surface area (Å²) in [4.78, 5) is 13.8. The first kappa shape index (κ1) is 15.8. The van der Waals surface area contributed by atoms with Crippen LogP contribution in [0.1, 0.15) is 51.5 Å². The first-order chi connectivity index (χ1) is 10.2. The van der Waals surface area contributed by atoms with E-state index in [1.807, 2.05) is 11.8 Å². The summed E-state index contributed by atoms with van der Waals surface area (Å²) >= 11 is 0. The number of carbonyl (C=O) groups excluding carboxylic acids is 1. The highest BCUT2D eigenvalue weighted by atomic mass is 16.4. The monoisotopic (exact) mass is 295 g/mol. The molecule has 1 saturated heterocycles. The second kappa shape index (κ2) is 7.97. The molecule has 7 heteroatoms. The molecule has 1 unspecified atom stereocenters. The van der Waals surface area contributed by atoms with Crippen LogP contribution in [-0.2, 0) is 4.79 Å². The van der Waals surface area contributed by atoms with Gasteiger partial charge in [0.05, 0.1) is 6.04 Å². The van der Waals surface area contributed by atoms with Gasteiger partial charge in [0.1, 0.15) is 0 Å². The first-order valence-electron chi connectivity index (χ1n) is 7.79. The van der Waals surface area contributed by atoms with Crippen molar-refractivity contribution in [2.24, 2.45) is 0 Å². The number of rotatable bonds is 8. The third-order valence-corrected chi connectivity index (χ3v) is 3.59. The maximum absolute atomic E-state index is 11.9. The van der Waals surface area contributed by atoms with E-state index in [9.17, 15) is 4.79 Å². The molecule has 1 fully saturated rings. The van der Waals surface area contributed by atoms with Crippen LogP contribution in [0.25, 0.3) is 0 Å². The van der Waals surface area contributed by atoms with Crippen LogP contribution in [0.4, 0.5) is 6.01 Å². The molecule has 1 aliphatic rings. The summed E-state index contributed by atoms with van der Waals surface area (Å²) in [6, 6.07) is 0.420. The Hall–Kier alpha value is -1.63. The van der Waals surface area contributed by atoms with Crippen molar-refractivity contribution in [3.63, 3.8) is 0 Å². The maximum atomic E-state index is 11.9. The second-order valence-corrected chi connectivity index (χ2v) is 5.39. The molecule has 0 radical (unpaired) electrons. The lowest BCUT2D eigenvalue weighted by Gasteiger charge is -2.14. The molecule has 7 nitrogen and oxygen atoms in total. The summed E-state index contributed by atoms with van der Waals surface area (Å²) in [6.07, 6.45) is 3.76. The summed E-state index contributed by atoms with van der Waals surface area (Å²) < 4.78 is 5.53. The molecular formula is C14H25N5O2. The summed E-state index contributed by atoms with van der Waals surface area (Å²) in [5.41, 5.74) is 0. The molecule has 0 aromatic carbocycles. The third kappa shape index (κ3) is 4.70. The minimum atomic E-state index is 0.0410. The van der Waals surface area contributed by atoms with Gasteiger partial charge in [0.15, 0.2) is 0 Å². The summed E-state index contributed by atoms with van der Waals surface area (Å²) in [5.74, 6) is 0.759. The van der Waals surface area contributed by atoms with Gasteiger partial charge in [-0.25, -0.2) is 0 Å². The first-order valence-corrected chi connectivity index (χ1v) is 7.79. The molecule has 2 N–H and O–H groups in total. The number of likely N-dealkylation sites (tertiary alicyclic amines) is 1. The van der Waals surface area contributed by atoms with E-state index in [1.165, 1.54) is 0 Å². The number of carbonyl (C=O) groups is 1. The fraction of sp³-hybridized carbons (Fsp3) is 0.786. The van der Waals surface area contributed by atoms with Gasteiger partial charge in [-0.15, -0.1) is 5.10 Å². The smallest absolute Gasteiger partial charge is 0.315 e. The highest BCUT2D eigenvalue weighted by Gasteiger charge is 2.18. The van der Waals surface area contributed by atoms with E-state index in [4.69, 9.17) is 4.42 Å². The van der Waals surface area contributed by atoms with Gasteiger partial charge in [-0.2, -0.15) is 0 Å². The Bertz CT molecular complexity index is 442. The maximum Gasteiger partial charge on any atom is 0.315 e. The minimum absolute atomic E-state index is 0.0410. The van der Waals surface area contributed by atoms with Crippen LogP contribution in [0.2, 0.25) is 0 Å². The fourth-order valence-electron chi connectivity index (χ4n) is 2.33. The molecule has 0 bridgehead atoms. The minimum Gasteiger partial charge on any atom is -0.406 e. The normalized spacial score (nSPS) is 16.2. The van der Waals surface area contributed by atoms with Gasteiger partial charge in [0.2, 0.25) is 11.8 Å². The van der Waals surface area contributed by atoms with Gasteiger partial charge in [-0.1, -0.05) is 12.0 Å². The van der Waals surface area contributed by atoms with E-state index < -0.39 is 0 Å². The van der Waals surface area contributed by atoms with Gasteiger partial charge in [-0.05, 0) is 32.7 Å². The summed E-state index contributed by atoms with van der Waals surface area (Å²) in [5, 5.41) is 14.3. The molecule has 0 spiro atoms. The van der Waals surface area contributed by atoms with Crippen molar-refractivity contribution >= 4 is 11.9 Å². The lowest BCUT2D eigenvalue weighted by atomic mass is 10.3. The Labute approximate surface area is 125 Å². The van der Waals surface area contributed by atoms with Crippen LogP contribution < -0.4 is 10.6 Å². The molecule has 1 aromatic heterocycles. The van der Waals surface area contributed by atoms with Crippen LogP contribution in [0.5, 0.6) is 0 Å². The molecule has 1 aromatic rings. The zero-order valence-electron chi connectivity index (χ0n) is 12.9. The number of hydrogen-bond donors (Lipinski definition) is 2. The fourth-order valence-corrected chi connectivity index (χ4v) is 2.33. The molecule has 1 amide bonds. The Morgan fingerprint density at radius 2 is 2.10 bits per heavy atom. The highest BCUT2D eigenvalue weighted by molar-refractivity contribution is 5.76. The van der Waals surface area contributed by atoms with E-state index in [1.54, 1.807) is 0 Å². The van der Waals surface area contributed by atoms with E-state index in [0.717, 1.165) is 38.9 Å². The molecule has 1 atom stereocenters. The number of anilines is 1. The van der Waals surface area contributed by atoms with Crippen LogP contribution in [0, 0.1) is 0 Å². The van der Waals surface area contributed by atoms with Crippen molar-refractivity contribution in [2.75, 3.05) is 31.5 Å². The van der Waals surface area contributed by atoms with Gasteiger partial charge < -0.3 is 20.0 Å². The van der Waals surface area contributed by atoms with E-state index >= 15 is 0 Å². The SMILES string of the molecule is CCCNC(C)c1nnc(NCCC(=O)N2CCCC2)o1. The average Bonchev–Trinajstić information content (AvgIpc) is 3.15. The third-order valence-electron chi connectivity index (χ3n) is 3.59. The van der Waals surface area contributed by atoms with Crippen molar-refractivity contribution in [1.82, 2.24) is 20.4 Å². The summed E-state index contributed by atoms with van der Waals surface area (Å²) in [7, 11) is 0. The van der Waals surface area contributed by atoms with Crippen LogP contribution in [0.15, 0.2) is 4.42 Å². The van der Waals surface area contributed by atoms with E-state index in [-0.39, 0.29) is 11.9 Å². The average molecular weight is 295 g/mol. The molecule has 0 aliphatic carbocycles. The Balaban J connectivity index is 1.71. The van der Waals surface area contributed by atoms with Gasteiger partial charge in [0.25, 0.3) is 0 Å². The quantitative estimate of drug-likeness (QED) is 0.757. The van der Waals surface area contributed by atoms with Gasteiger partial charge in [0, 0.05) is 26.1 Å². The molecule has 2 rings (SSSR count). The van der Waals surface area contributed by atoms with Crippen molar-refractivity contribution < 1.29 is 9.21 Å². The number of amides is 1. The number of nitrogens with one attached hydrogen (secondary N) is 2. The van der Waals surface area contributed by atoms with Gasteiger partial charge in [-0.3, -0.25) is 4.79 Å². The van der Waals surface area contributed by atoms with Crippen molar-refractivity contribution in [3.05, 3.63) is 5.89 Å². The molecular weight excluding hydrogens is 270 g/mol. The second-order valence-electron chi connectivity index (χ2n) is 5.39. The van der Waals surface area contributed by atoms with Crippen molar-refractivity contribution in [1.29, 1.82) is 0 Å². The zero-order valence-corrected chi connectivity index (χ0v) is 12.9. The molecule has 0 saturated carbocycles. The number of hydrogen-bond acceptors (Lipinski definition) is 6. The van der Waals surface area contributed by atoms with Gasteiger partial charge >= 0.3 is 6.01 Å². The Kier molecular flexibility index (Phi) is 5.98. The predicted octanol–water partition coefficient (Wildman–Crippen LogP) is 1.55. The van der Waals surface area contributed by atoms with E-state index in [0.29, 0.717) is 24.9 Å². The van der Waals surface area contributed by atoms with Crippen molar-refractivity contribution in [3.8, 4) is 0 Å². The molecule has 21 heavy (non-hydrogen) atoms. The Morgan fingerprint density at radius 3 is 2.81 bits per heavy atom. The van der Waals surface area contributed by atoms with Crippen molar-refractivity contribution in [2.45, 2.75) is 45.6 Å². The molecule has 2 heterocycles. The molecule has 1 aliphatic heterocycles. The standard InChI is InChI=1S/C14H25N5O2/c1-3-7-15-11(2)13-17-18-14(21-13)16-8-6-12(20)19-9-4-5-10-19/h11,15H,3-10H2,1-2H3,(H,16,18). The number of nitrogens with zero attached hydrogens (tertiary/aromatic N) is 3. The molecule has 118 valence electrons. The van der Waals surface area contributed by atoms with Crippen LogP contribution in [0.3, 0.4) is 0 Å². The largest absolute Gasteiger partial charge is 0.406 e. The summed E-state index contributed by atoms with van der Waals surface area (Å²) in [6.45, 7) is 7.32. The topological polar surface area (TPSA) is 83.3 Å². The lowest BCUT2D eigenvalue weighted by molar-refractivity contribution is -0.129. The van der Waals surface area contributed by atoms with Crippen LogP contribution >= 0.6 is 0 Å². The zero-order chi connectivity index (χ0) is 15.1. The van der Waals surface area contributed by atoms with E-state index in [2.05, 4.69) is 27.8 Å². The lowest BCUT2D eigenvalue weighted by Crippen LogP contribution is -2.29.